The van der Waals surface area contributed by atoms with E-state index < -0.39 is 0 Å². The van der Waals surface area contributed by atoms with Gasteiger partial charge in [0.05, 0.1) is 12.2 Å². The fourth-order valence-electron chi connectivity index (χ4n) is 1.71. The van der Waals surface area contributed by atoms with Crippen LogP contribution in [0.25, 0.3) is 0 Å². The molecule has 1 aromatic heterocycles. The lowest BCUT2D eigenvalue weighted by atomic mass is 10.2. The zero-order valence-corrected chi connectivity index (χ0v) is 7.90. The summed E-state index contributed by atoms with van der Waals surface area (Å²) >= 11 is 0. The Morgan fingerprint density at radius 2 is 2.36 bits per heavy atom. The summed E-state index contributed by atoms with van der Waals surface area (Å²) in [5, 5.41) is 10.2. The number of aromatic amines is 1. The van der Waals surface area contributed by atoms with Crippen molar-refractivity contribution in [3.63, 3.8) is 0 Å². The molecule has 1 aromatic rings. The summed E-state index contributed by atoms with van der Waals surface area (Å²) in [6.07, 6.45) is 6.40. The number of nitrogens with two attached hydrogens (primary N) is 1. The molecule has 0 unspecified atom stereocenters. The normalized spacial score (nSPS) is 18.8. The Kier molecular flexibility index (Phi) is 2.73. The molecule has 0 aliphatic heterocycles. The Bertz CT molecular complexity index is 298. The molecule has 1 aliphatic rings. The number of nitrogens with one attached hydrogen (secondary N) is 2. The van der Waals surface area contributed by atoms with E-state index in [1.807, 2.05) is 0 Å². The van der Waals surface area contributed by atoms with Gasteiger partial charge in [-0.15, -0.1) is 0 Å². The molecule has 4 N–H and O–H groups in total. The molecule has 0 saturated heterocycles. The molecule has 6 heteroatoms. The Labute approximate surface area is 82.0 Å². The van der Waals surface area contributed by atoms with E-state index in [2.05, 4.69) is 25.8 Å². The first kappa shape index (κ1) is 9.14. The van der Waals surface area contributed by atoms with Gasteiger partial charge in [-0.3, -0.25) is 4.99 Å². The van der Waals surface area contributed by atoms with Crippen molar-refractivity contribution >= 4 is 5.84 Å². The molecule has 2 rings (SSSR count). The van der Waals surface area contributed by atoms with Crippen LogP contribution in [-0.2, 0) is 0 Å². The molecule has 1 aliphatic carbocycles. The van der Waals surface area contributed by atoms with Crippen molar-refractivity contribution in [1.82, 2.24) is 20.8 Å². The number of rotatable bonds is 2. The minimum Gasteiger partial charge on any atom is -0.307 e. The largest absolute Gasteiger partial charge is 0.307 e. The van der Waals surface area contributed by atoms with Crippen molar-refractivity contribution in [3.05, 3.63) is 11.9 Å². The van der Waals surface area contributed by atoms with Gasteiger partial charge >= 0.3 is 0 Å². The SMILES string of the molecule is NNC(=NC1CCCC1)c1cn[nH]n1. The minimum absolute atomic E-state index is 0.387. The molecular formula is C8H14N6. The van der Waals surface area contributed by atoms with E-state index in [0.29, 0.717) is 17.6 Å². The van der Waals surface area contributed by atoms with Crippen LogP contribution in [0.4, 0.5) is 0 Å². The number of aliphatic imine (C=N–C) groups is 1. The lowest BCUT2D eigenvalue weighted by Gasteiger charge is -2.06. The molecule has 0 spiro atoms. The Hall–Kier alpha value is -1.43. The summed E-state index contributed by atoms with van der Waals surface area (Å²) in [5.74, 6) is 6.00. The van der Waals surface area contributed by atoms with E-state index >= 15 is 0 Å². The Morgan fingerprint density at radius 1 is 1.57 bits per heavy atom. The zero-order valence-electron chi connectivity index (χ0n) is 7.90. The molecule has 1 fully saturated rings. The second kappa shape index (κ2) is 4.19. The van der Waals surface area contributed by atoms with Crippen molar-refractivity contribution in [1.29, 1.82) is 0 Å². The average Bonchev–Trinajstić information content (AvgIpc) is 2.86. The molecule has 0 bridgehead atoms. The van der Waals surface area contributed by atoms with Gasteiger partial charge in [-0.1, -0.05) is 12.8 Å². The van der Waals surface area contributed by atoms with Crippen LogP contribution in [0.2, 0.25) is 0 Å². The smallest absolute Gasteiger partial charge is 0.165 e. The number of hydrogen-bond donors (Lipinski definition) is 3. The third-order valence-corrected chi connectivity index (χ3v) is 2.43. The highest BCUT2D eigenvalue weighted by molar-refractivity contribution is 5.96. The molecule has 1 heterocycles. The summed E-state index contributed by atoms with van der Waals surface area (Å²) in [4.78, 5) is 4.49. The monoisotopic (exact) mass is 194 g/mol. The fourth-order valence-corrected chi connectivity index (χ4v) is 1.71. The second-order valence-corrected chi connectivity index (χ2v) is 3.42. The van der Waals surface area contributed by atoms with Gasteiger partial charge in [-0.05, 0) is 12.8 Å². The number of hydrazine groups is 1. The summed E-state index contributed by atoms with van der Waals surface area (Å²) in [6.45, 7) is 0. The molecule has 76 valence electrons. The molecule has 0 atom stereocenters. The first-order valence-electron chi connectivity index (χ1n) is 4.80. The minimum atomic E-state index is 0.387. The van der Waals surface area contributed by atoms with E-state index in [9.17, 15) is 0 Å². The zero-order chi connectivity index (χ0) is 9.80. The van der Waals surface area contributed by atoms with Gasteiger partial charge in [0.1, 0.15) is 5.69 Å². The lowest BCUT2D eigenvalue weighted by molar-refractivity contribution is 0.700. The standard InChI is InChI=1S/C8H14N6/c9-12-8(7-5-10-14-13-7)11-6-3-1-2-4-6/h5-6H,1-4,9H2,(H,11,12)(H,10,13,14). The molecule has 14 heavy (non-hydrogen) atoms. The molecule has 0 amide bonds. The van der Waals surface area contributed by atoms with Crippen molar-refractivity contribution in [3.8, 4) is 0 Å². The van der Waals surface area contributed by atoms with Crippen LogP contribution in [0.15, 0.2) is 11.2 Å². The van der Waals surface area contributed by atoms with Gasteiger partial charge in [-0.2, -0.15) is 15.4 Å². The van der Waals surface area contributed by atoms with Crippen LogP contribution in [0.1, 0.15) is 31.4 Å². The first-order chi connectivity index (χ1) is 6.90. The van der Waals surface area contributed by atoms with Crippen molar-refractivity contribution < 1.29 is 0 Å². The molecule has 0 radical (unpaired) electrons. The maximum atomic E-state index is 5.38. The van der Waals surface area contributed by atoms with Gasteiger partial charge in [0.2, 0.25) is 0 Å². The molecule has 6 nitrogen and oxygen atoms in total. The van der Waals surface area contributed by atoms with Crippen LogP contribution in [0.5, 0.6) is 0 Å². The van der Waals surface area contributed by atoms with E-state index in [4.69, 9.17) is 5.84 Å². The predicted molar refractivity (Wildman–Crippen MR) is 52.5 cm³/mol. The molecule has 1 saturated carbocycles. The van der Waals surface area contributed by atoms with Crippen LogP contribution in [0, 0.1) is 0 Å². The third kappa shape index (κ3) is 1.90. The fraction of sp³-hybridized carbons (Fsp3) is 0.625. The van der Waals surface area contributed by atoms with E-state index in [-0.39, 0.29) is 0 Å². The van der Waals surface area contributed by atoms with Crippen molar-refractivity contribution in [2.24, 2.45) is 10.8 Å². The van der Waals surface area contributed by atoms with Gasteiger partial charge in [0.25, 0.3) is 0 Å². The number of hydrogen-bond acceptors (Lipinski definition) is 4. The Morgan fingerprint density at radius 3 is 2.93 bits per heavy atom. The summed E-state index contributed by atoms with van der Waals surface area (Å²) < 4.78 is 0. The predicted octanol–water partition coefficient (Wildman–Crippen LogP) is -0.0428. The van der Waals surface area contributed by atoms with E-state index in [0.717, 1.165) is 12.8 Å². The lowest BCUT2D eigenvalue weighted by Crippen LogP contribution is -2.32. The van der Waals surface area contributed by atoms with Crippen LogP contribution in [-0.4, -0.2) is 27.3 Å². The maximum Gasteiger partial charge on any atom is 0.165 e. The summed E-state index contributed by atoms with van der Waals surface area (Å²) in [7, 11) is 0. The van der Waals surface area contributed by atoms with Crippen LogP contribution in [0.3, 0.4) is 0 Å². The van der Waals surface area contributed by atoms with Gasteiger partial charge < -0.3 is 5.43 Å². The number of H-pyrrole nitrogens is 1. The average molecular weight is 194 g/mol. The quantitative estimate of drug-likeness (QED) is 0.266. The molecular weight excluding hydrogens is 180 g/mol. The number of aromatic nitrogens is 3. The summed E-state index contributed by atoms with van der Waals surface area (Å²) in [6, 6.07) is 0.387. The van der Waals surface area contributed by atoms with E-state index in [1.165, 1.54) is 12.8 Å². The van der Waals surface area contributed by atoms with Gasteiger partial charge in [-0.25, -0.2) is 5.84 Å². The van der Waals surface area contributed by atoms with Crippen LogP contribution < -0.4 is 11.3 Å². The topological polar surface area (TPSA) is 92.0 Å². The number of nitrogens with zero attached hydrogens (tertiary/aromatic N) is 3. The van der Waals surface area contributed by atoms with Gasteiger partial charge in [0, 0.05) is 0 Å². The highest BCUT2D eigenvalue weighted by Gasteiger charge is 2.15. The highest BCUT2D eigenvalue weighted by atomic mass is 15.3. The second-order valence-electron chi connectivity index (χ2n) is 3.42. The first-order valence-corrected chi connectivity index (χ1v) is 4.80. The maximum absolute atomic E-state index is 5.38. The van der Waals surface area contributed by atoms with Gasteiger partial charge in [0.15, 0.2) is 5.84 Å². The van der Waals surface area contributed by atoms with Crippen LogP contribution >= 0.6 is 0 Å². The third-order valence-electron chi connectivity index (χ3n) is 2.43. The number of amidine groups is 1. The van der Waals surface area contributed by atoms with Crippen molar-refractivity contribution in [2.45, 2.75) is 31.7 Å². The van der Waals surface area contributed by atoms with Crippen molar-refractivity contribution in [2.75, 3.05) is 0 Å². The highest BCUT2D eigenvalue weighted by Crippen LogP contribution is 2.21. The Balaban J connectivity index is 2.12. The summed E-state index contributed by atoms with van der Waals surface area (Å²) in [5.41, 5.74) is 3.22. The molecule has 0 aromatic carbocycles. The van der Waals surface area contributed by atoms with E-state index in [1.54, 1.807) is 6.20 Å².